The molecule has 0 rings (SSSR count). The first-order valence-corrected chi connectivity index (χ1v) is 4.31. The maximum absolute atomic E-state index is 11.0. The van der Waals surface area contributed by atoms with Crippen LogP contribution in [-0.4, -0.2) is 31.4 Å². The molecule has 2 amide bonds. The summed E-state index contributed by atoms with van der Waals surface area (Å²) >= 11 is 0. The molecule has 0 saturated heterocycles. The molecule has 0 saturated carbocycles. The molecule has 6 nitrogen and oxygen atoms in total. The van der Waals surface area contributed by atoms with Crippen LogP contribution in [0.4, 0.5) is 0 Å². The molecule has 0 atom stereocenters. The van der Waals surface area contributed by atoms with Gasteiger partial charge in [-0.2, -0.15) is 5.26 Å². The highest BCUT2D eigenvalue weighted by Crippen LogP contribution is 1.82. The van der Waals surface area contributed by atoms with Crippen LogP contribution >= 0.6 is 0 Å². The van der Waals surface area contributed by atoms with Gasteiger partial charge in [0.1, 0.15) is 0 Å². The summed E-state index contributed by atoms with van der Waals surface area (Å²) in [6.07, 6.45) is 1.03. The van der Waals surface area contributed by atoms with Crippen LogP contribution in [0.1, 0.15) is 12.8 Å². The molecule has 0 bridgehead atoms. The second-order valence-electron chi connectivity index (χ2n) is 2.59. The third-order valence-electron chi connectivity index (χ3n) is 1.42. The topological polar surface area (TPSA) is 108 Å². The van der Waals surface area contributed by atoms with Crippen molar-refractivity contribution in [3.8, 4) is 6.07 Å². The average Bonchev–Trinajstić information content (AvgIpc) is 2.21. The van der Waals surface area contributed by atoms with Crippen LogP contribution < -0.4 is 16.4 Å². The van der Waals surface area contributed by atoms with Gasteiger partial charge in [-0.15, -0.1) is 0 Å². The molecule has 0 aliphatic heterocycles. The van der Waals surface area contributed by atoms with E-state index in [1.54, 1.807) is 0 Å². The Bertz CT molecular complexity index is 234. The van der Waals surface area contributed by atoms with Crippen LogP contribution in [-0.2, 0) is 9.59 Å². The van der Waals surface area contributed by atoms with Gasteiger partial charge in [0.25, 0.3) is 0 Å². The Labute approximate surface area is 82.4 Å². The zero-order valence-corrected chi connectivity index (χ0v) is 7.88. The van der Waals surface area contributed by atoms with Gasteiger partial charge in [0.15, 0.2) is 0 Å². The van der Waals surface area contributed by atoms with Gasteiger partial charge in [0.05, 0.1) is 19.2 Å². The molecule has 0 aliphatic rings. The average molecular weight is 198 g/mol. The first-order valence-electron chi connectivity index (χ1n) is 4.31. The van der Waals surface area contributed by atoms with Gasteiger partial charge in [-0.1, -0.05) is 0 Å². The first-order chi connectivity index (χ1) is 6.70. The van der Waals surface area contributed by atoms with Crippen molar-refractivity contribution in [3.05, 3.63) is 0 Å². The van der Waals surface area contributed by atoms with Crippen molar-refractivity contribution >= 4 is 11.8 Å². The molecule has 0 unspecified atom stereocenters. The zero-order valence-electron chi connectivity index (χ0n) is 7.88. The minimum Gasteiger partial charge on any atom is -0.355 e. The van der Waals surface area contributed by atoms with Gasteiger partial charge < -0.3 is 16.4 Å². The summed E-state index contributed by atoms with van der Waals surface area (Å²) in [5.41, 5.74) is 5.02. The molecule has 0 aromatic rings. The first kappa shape index (κ1) is 12.4. The van der Waals surface area contributed by atoms with Crippen molar-refractivity contribution in [1.29, 1.82) is 5.26 Å². The Kier molecular flexibility index (Phi) is 7.09. The molecular weight excluding hydrogens is 184 g/mol. The summed E-state index contributed by atoms with van der Waals surface area (Å²) in [6, 6.07) is 1.96. The summed E-state index contributed by atoms with van der Waals surface area (Å²) < 4.78 is 0. The van der Waals surface area contributed by atoms with Crippen molar-refractivity contribution in [1.82, 2.24) is 10.6 Å². The molecule has 0 radical (unpaired) electrons. The van der Waals surface area contributed by atoms with E-state index < -0.39 is 0 Å². The van der Waals surface area contributed by atoms with E-state index in [2.05, 4.69) is 10.6 Å². The highest BCUT2D eigenvalue weighted by atomic mass is 16.2. The lowest BCUT2D eigenvalue weighted by Gasteiger charge is -2.04. The number of unbranched alkanes of at least 4 members (excludes halogenated alkanes) is 1. The fourth-order valence-electron chi connectivity index (χ4n) is 0.709. The Morgan fingerprint density at radius 1 is 1.29 bits per heavy atom. The van der Waals surface area contributed by atoms with Gasteiger partial charge in [-0.3, -0.25) is 9.59 Å². The van der Waals surface area contributed by atoms with E-state index in [0.717, 1.165) is 0 Å². The normalized spacial score (nSPS) is 8.86. The maximum Gasteiger partial charge on any atom is 0.239 e. The van der Waals surface area contributed by atoms with E-state index in [1.807, 2.05) is 6.07 Å². The van der Waals surface area contributed by atoms with E-state index in [1.165, 1.54) is 0 Å². The van der Waals surface area contributed by atoms with Crippen molar-refractivity contribution in [3.63, 3.8) is 0 Å². The summed E-state index contributed by atoms with van der Waals surface area (Å²) in [5, 5.41) is 13.1. The molecule has 0 aliphatic carbocycles. The fraction of sp³-hybridized carbons (Fsp3) is 0.625. The van der Waals surface area contributed by atoms with E-state index in [4.69, 9.17) is 11.0 Å². The third-order valence-corrected chi connectivity index (χ3v) is 1.42. The number of rotatable bonds is 6. The molecule has 0 aromatic carbocycles. The Morgan fingerprint density at radius 2 is 2.00 bits per heavy atom. The number of nitrogens with zero attached hydrogens (tertiary/aromatic N) is 1. The molecule has 78 valence electrons. The number of nitrogens with two attached hydrogens (primary N) is 1. The highest BCUT2D eigenvalue weighted by molar-refractivity contribution is 5.85. The van der Waals surface area contributed by atoms with Gasteiger partial charge in [0.2, 0.25) is 11.8 Å². The number of nitriles is 1. The smallest absolute Gasteiger partial charge is 0.239 e. The van der Waals surface area contributed by atoms with Gasteiger partial charge >= 0.3 is 0 Å². The van der Waals surface area contributed by atoms with Crippen LogP contribution in [0, 0.1) is 11.3 Å². The van der Waals surface area contributed by atoms with E-state index in [-0.39, 0.29) is 24.9 Å². The van der Waals surface area contributed by atoms with E-state index >= 15 is 0 Å². The largest absolute Gasteiger partial charge is 0.355 e. The summed E-state index contributed by atoms with van der Waals surface area (Å²) in [6.45, 7) is 0.259. The highest BCUT2D eigenvalue weighted by Gasteiger charge is 2.02. The molecule has 0 heterocycles. The minimum absolute atomic E-state index is 0.0669. The minimum atomic E-state index is -0.364. The van der Waals surface area contributed by atoms with Crippen LogP contribution in [0.3, 0.4) is 0 Å². The SMILES string of the molecule is N#CCCCNC(=O)CNC(=O)CN. The molecular formula is C8H14N4O2. The Morgan fingerprint density at radius 3 is 2.57 bits per heavy atom. The standard InChI is InChI=1S/C8H14N4O2/c9-3-1-2-4-11-8(14)6-12-7(13)5-10/h1-2,4-6,10H2,(H,11,14)(H,12,13). The van der Waals surface area contributed by atoms with E-state index in [0.29, 0.717) is 19.4 Å². The number of amides is 2. The second kappa shape index (κ2) is 8.01. The quantitative estimate of drug-likeness (QED) is 0.450. The number of nitrogens with one attached hydrogen (secondary N) is 2. The van der Waals surface area contributed by atoms with E-state index in [9.17, 15) is 9.59 Å². The van der Waals surface area contributed by atoms with Crippen LogP contribution in [0.25, 0.3) is 0 Å². The van der Waals surface area contributed by atoms with Gasteiger partial charge in [0, 0.05) is 13.0 Å². The summed E-state index contributed by atoms with van der Waals surface area (Å²) in [4.78, 5) is 21.6. The number of carbonyl (C=O) groups excluding carboxylic acids is 2. The number of carbonyl (C=O) groups is 2. The lowest BCUT2D eigenvalue weighted by atomic mass is 10.3. The molecule has 0 spiro atoms. The van der Waals surface area contributed by atoms with Gasteiger partial charge in [-0.05, 0) is 6.42 Å². The predicted molar refractivity (Wildman–Crippen MR) is 49.9 cm³/mol. The zero-order chi connectivity index (χ0) is 10.8. The molecule has 0 aromatic heterocycles. The molecule has 4 N–H and O–H groups in total. The van der Waals surface area contributed by atoms with Crippen LogP contribution in [0.5, 0.6) is 0 Å². The predicted octanol–water partition coefficient (Wildman–Crippen LogP) is -1.52. The molecule has 6 heteroatoms. The monoisotopic (exact) mass is 198 g/mol. The number of hydrogen-bond donors (Lipinski definition) is 3. The summed E-state index contributed by atoms with van der Waals surface area (Å²) in [7, 11) is 0. The maximum atomic E-state index is 11.0. The van der Waals surface area contributed by atoms with Crippen LogP contribution in [0.2, 0.25) is 0 Å². The third kappa shape index (κ3) is 7.06. The Hall–Kier alpha value is -1.61. The lowest BCUT2D eigenvalue weighted by molar-refractivity contribution is -0.125. The van der Waals surface area contributed by atoms with Crippen molar-refractivity contribution in [2.75, 3.05) is 19.6 Å². The number of hydrogen-bond acceptors (Lipinski definition) is 4. The second-order valence-corrected chi connectivity index (χ2v) is 2.59. The fourth-order valence-corrected chi connectivity index (χ4v) is 0.709. The summed E-state index contributed by atoms with van der Waals surface area (Å²) in [5.74, 6) is -0.637. The van der Waals surface area contributed by atoms with Crippen molar-refractivity contribution in [2.24, 2.45) is 5.73 Å². The molecule has 0 fully saturated rings. The molecule has 14 heavy (non-hydrogen) atoms. The van der Waals surface area contributed by atoms with Crippen LogP contribution in [0.15, 0.2) is 0 Å². The Balaban J connectivity index is 3.38. The van der Waals surface area contributed by atoms with Crippen molar-refractivity contribution < 1.29 is 9.59 Å². The lowest BCUT2D eigenvalue weighted by Crippen LogP contribution is -2.39. The van der Waals surface area contributed by atoms with Crippen molar-refractivity contribution in [2.45, 2.75) is 12.8 Å². The van der Waals surface area contributed by atoms with Gasteiger partial charge in [-0.25, -0.2) is 0 Å².